The summed E-state index contributed by atoms with van der Waals surface area (Å²) in [6.45, 7) is 1.62. The van der Waals surface area contributed by atoms with Gasteiger partial charge in [0, 0.05) is 15.6 Å². The molecule has 0 aliphatic carbocycles. The Balaban J connectivity index is 2.46. The molecule has 1 aromatic carbocycles. The van der Waals surface area contributed by atoms with E-state index in [0.717, 1.165) is 0 Å². The van der Waals surface area contributed by atoms with E-state index >= 15 is 0 Å². The average Bonchev–Trinajstić information content (AvgIpc) is 2.47. The molecule has 5 heteroatoms. The molecular formula is C11H8Cl2O3. The second kappa shape index (κ2) is 4.07. The Morgan fingerprint density at radius 3 is 2.19 bits per heavy atom. The van der Waals surface area contributed by atoms with Gasteiger partial charge in [0.2, 0.25) is 5.78 Å². The predicted octanol–water partition coefficient (Wildman–Crippen LogP) is 2.80. The molecule has 0 unspecified atom stereocenters. The smallest absolute Gasteiger partial charge is 0.375 e. The normalized spacial score (nSPS) is 24.7. The number of benzene rings is 1. The third kappa shape index (κ3) is 1.70. The Hall–Kier alpha value is -1.06. The highest BCUT2D eigenvalue weighted by Crippen LogP contribution is 2.40. The summed E-state index contributed by atoms with van der Waals surface area (Å²) in [5.41, 5.74) is 0.498. The summed E-state index contributed by atoms with van der Waals surface area (Å²) in [5.74, 6) is -1.92. The van der Waals surface area contributed by atoms with Gasteiger partial charge in [-0.15, -0.1) is 0 Å². The molecule has 0 aromatic heterocycles. The van der Waals surface area contributed by atoms with Crippen molar-refractivity contribution in [2.24, 2.45) is 5.92 Å². The average molecular weight is 259 g/mol. The monoisotopic (exact) mass is 258 g/mol. The molecule has 84 valence electrons. The fourth-order valence-corrected chi connectivity index (χ4v) is 2.30. The van der Waals surface area contributed by atoms with Crippen LogP contribution in [0.4, 0.5) is 0 Å². The van der Waals surface area contributed by atoms with Gasteiger partial charge >= 0.3 is 5.97 Å². The zero-order chi connectivity index (χ0) is 11.9. The van der Waals surface area contributed by atoms with E-state index in [1.165, 1.54) is 0 Å². The first kappa shape index (κ1) is 11.4. The van der Waals surface area contributed by atoms with Gasteiger partial charge in [0.25, 0.3) is 0 Å². The molecule has 2 atom stereocenters. The molecule has 1 aliphatic heterocycles. The molecule has 0 saturated carbocycles. The quantitative estimate of drug-likeness (QED) is 0.575. The highest BCUT2D eigenvalue weighted by atomic mass is 35.5. The topological polar surface area (TPSA) is 43.4 Å². The molecular weight excluding hydrogens is 251 g/mol. The molecule has 16 heavy (non-hydrogen) atoms. The second-order valence-electron chi connectivity index (χ2n) is 3.61. The summed E-state index contributed by atoms with van der Waals surface area (Å²) in [6.07, 6.45) is -0.679. The largest absolute Gasteiger partial charge is 0.451 e. The SMILES string of the molecule is C[C@@H]1C(=O)C(=O)O[C@H]1c1c(Cl)cccc1Cl. The van der Waals surface area contributed by atoms with Gasteiger partial charge in [-0.2, -0.15) is 0 Å². The minimum absolute atomic E-state index is 0.395. The minimum atomic E-state index is -0.825. The Morgan fingerprint density at radius 2 is 1.75 bits per heavy atom. The summed E-state index contributed by atoms with van der Waals surface area (Å²) >= 11 is 12.0. The van der Waals surface area contributed by atoms with Gasteiger partial charge in [-0.25, -0.2) is 4.79 Å². The number of carbonyl (C=O) groups is 2. The zero-order valence-corrected chi connectivity index (χ0v) is 9.88. The van der Waals surface area contributed by atoms with Crippen LogP contribution in [-0.2, 0) is 14.3 Å². The van der Waals surface area contributed by atoms with E-state index < -0.39 is 23.8 Å². The van der Waals surface area contributed by atoms with Crippen molar-refractivity contribution >= 4 is 35.0 Å². The maximum atomic E-state index is 11.4. The van der Waals surface area contributed by atoms with Gasteiger partial charge < -0.3 is 4.74 Å². The summed E-state index contributed by atoms with van der Waals surface area (Å²) in [6, 6.07) is 4.98. The molecule has 0 spiro atoms. The van der Waals surface area contributed by atoms with Gasteiger partial charge in [0.05, 0.1) is 5.92 Å². The van der Waals surface area contributed by atoms with Crippen molar-refractivity contribution in [2.45, 2.75) is 13.0 Å². The van der Waals surface area contributed by atoms with E-state index in [1.54, 1.807) is 25.1 Å². The van der Waals surface area contributed by atoms with Crippen LogP contribution in [0.3, 0.4) is 0 Å². The molecule has 0 amide bonds. The van der Waals surface area contributed by atoms with E-state index in [2.05, 4.69) is 0 Å². The maximum absolute atomic E-state index is 11.4. The lowest BCUT2D eigenvalue weighted by molar-refractivity contribution is -0.149. The van der Waals surface area contributed by atoms with Crippen LogP contribution in [0.25, 0.3) is 0 Å². The molecule has 2 rings (SSSR count). The van der Waals surface area contributed by atoms with Gasteiger partial charge in [0.1, 0.15) is 6.10 Å². The van der Waals surface area contributed by atoms with E-state index in [1.807, 2.05) is 0 Å². The summed E-state index contributed by atoms with van der Waals surface area (Å²) < 4.78 is 4.98. The third-order valence-electron chi connectivity index (χ3n) is 2.59. The molecule has 1 heterocycles. The number of cyclic esters (lactones) is 1. The van der Waals surface area contributed by atoms with Gasteiger partial charge in [-0.1, -0.05) is 36.2 Å². The number of esters is 1. The van der Waals surface area contributed by atoms with Crippen molar-refractivity contribution in [1.29, 1.82) is 0 Å². The highest BCUT2D eigenvalue weighted by molar-refractivity contribution is 6.38. The van der Waals surface area contributed by atoms with Gasteiger partial charge in [-0.05, 0) is 12.1 Å². The highest BCUT2D eigenvalue weighted by Gasteiger charge is 2.42. The van der Waals surface area contributed by atoms with Crippen molar-refractivity contribution in [3.05, 3.63) is 33.8 Å². The van der Waals surface area contributed by atoms with Crippen LogP contribution < -0.4 is 0 Å². The van der Waals surface area contributed by atoms with E-state index in [9.17, 15) is 9.59 Å². The molecule has 0 bridgehead atoms. The first-order chi connectivity index (χ1) is 7.52. The maximum Gasteiger partial charge on any atom is 0.375 e. The van der Waals surface area contributed by atoms with Crippen molar-refractivity contribution in [1.82, 2.24) is 0 Å². The number of rotatable bonds is 1. The standard InChI is InChI=1S/C11H8Cl2O3/c1-5-9(14)11(15)16-10(5)8-6(12)3-2-4-7(8)13/h2-5,10H,1H3/t5-,10-/m1/s1. The first-order valence-corrected chi connectivity index (χ1v) is 5.46. The zero-order valence-electron chi connectivity index (χ0n) is 8.37. The number of Topliss-reactive ketones (excluding diaryl/α,β-unsaturated/α-hetero) is 1. The van der Waals surface area contributed by atoms with Crippen LogP contribution in [0.2, 0.25) is 10.0 Å². The van der Waals surface area contributed by atoms with E-state index in [-0.39, 0.29) is 0 Å². The van der Waals surface area contributed by atoms with Crippen LogP contribution >= 0.6 is 23.2 Å². The molecule has 0 radical (unpaired) electrons. The summed E-state index contributed by atoms with van der Waals surface area (Å²) in [5, 5.41) is 0.790. The fourth-order valence-electron chi connectivity index (χ4n) is 1.69. The molecule has 3 nitrogen and oxygen atoms in total. The Bertz CT molecular complexity index is 450. The summed E-state index contributed by atoms with van der Waals surface area (Å²) in [7, 11) is 0. The third-order valence-corrected chi connectivity index (χ3v) is 3.25. The van der Waals surface area contributed by atoms with Crippen LogP contribution in [0, 0.1) is 5.92 Å². The second-order valence-corrected chi connectivity index (χ2v) is 4.43. The van der Waals surface area contributed by atoms with Crippen molar-refractivity contribution in [3.63, 3.8) is 0 Å². The molecule has 1 aromatic rings. The van der Waals surface area contributed by atoms with Crippen molar-refractivity contribution < 1.29 is 14.3 Å². The Labute approximate surface area is 102 Å². The number of hydrogen-bond donors (Lipinski definition) is 0. The Kier molecular flexibility index (Phi) is 2.91. The van der Waals surface area contributed by atoms with Gasteiger partial charge in [-0.3, -0.25) is 4.79 Å². The lowest BCUT2D eigenvalue weighted by Gasteiger charge is -2.15. The van der Waals surface area contributed by atoms with Crippen LogP contribution in [0.15, 0.2) is 18.2 Å². The molecule has 1 saturated heterocycles. The van der Waals surface area contributed by atoms with Crippen LogP contribution in [-0.4, -0.2) is 11.8 Å². The van der Waals surface area contributed by atoms with E-state index in [4.69, 9.17) is 27.9 Å². The van der Waals surface area contributed by atoms with Crippen molar-refractivity contribution in [3.8, 4) is 0 Å². The number of halogens is 2. The Morgan fingerprint density at radius 1 is 1.19 bits per heavy atom. The van der Waals surface area contributed by atoms with Gasteiger partial charge in [0.15, 0.2) is 0 Å². The lowest BCUT2D eigenvalue weighted by Crippen LogP contribution is -2.12. The fraction of sp³-hybridized carbons (Fsp3) is 0.273. The molecule has 0 N–H and O–H groups in total. The molecule has 1 aliphatic rings. The minimum Gasteiger partial charge on any atom is -0.451 e. The number of ether oxygens (including phenoxy) is 1. The van der Waals surface area contributed by atoms with E-state index in [0.29, 0.717) is 15.6 Å². The van der Waals surface area contributed by atoms with Crippen LogP contribution in [0.5, 0.6) is 0 Å². The number of hydrogen-bond acceptors (Lipinski definition) is 3. The number of ketones is 1. The summed E-state index contributed by atoms with van der Waals surface area (Å²) in [4.78, 5) is 22.5. The van der Waals surface area contributed by atoms with Crippen molar-refractivity contribution in [2.75, 3.05) is 0 Å². The van der Waals surface area contributed by atoms with Crippen LogP contribution in [0.1, 0.15) is 18.6 Å². The lowest BCUT2D eigenvalue weighted by atomic mass is 9.96. The number of carbonyl (C=O) groups excluding carboxylic acids is 2. The first-order valence-electron chi connectivity index (χ1n) is 4.71. The molecule has 1 fully saturated rings. The predicted molar refractivity (Wildman–Crippen MR) is 59.5 cm³/mol.